The number of carbonyl (C=O) groups is 2. The normalized spacial score (nSPS) is 12.2. The van der Waals surface area contributed by atoms with Crippen LogP contribution in [0.3, 0.4) is 0 Å². The van der Waals surface area contributed by atoms with Crippen LogP contribution in [0.15, 0.2) is 35.0 Å². The molecule has 0 aliphatic rings. The summed E-state index contributed by atoms with van der Waals surface area (Å²) in [7, 11) is 0. The highest BCUT2D eigenvalue weighted by Gasteiger charge is 2.20. The van der Waals surface area contributed by atoms with E-state index in [1.54, 1.807) is 6.07 Å². The first kappa shape index (κ1) is 17.7. The summed E-state index contributed by atoms with van der Waals surface area (Å²) in [6.45, 7) is 1.27. The molecule has 1 heterocycles. The van der Waals surface area contributed by atoms with Crippen LogP contribution in [0.4, 0.5) is 18.9 Å². The number of hydrogen-bond donors (Lipinski definition) is 1. The predicted molar refractivity (Wildman–Crippen MR) is 83.9 cm³/mol. The number of benzene rings is 1. The molecule has 126 valence electrons. The van der Waals surface area contributed by atoms with E-state index in [0.717, 1.165) is 17.7 Å². The molecule has 2 rings (SSSR count). The second kappa shape index (κ2) is 7.78. The Bertz CT molecular complexity index is 775. The standard InChI is InChI=1S/C16H12F3NO3S/c1-9(23-13(21)5-2-10-6-7-24-8-10)16(22)20-12-4-3-11(17)14(18)15(12)19/h2-9H,1H3,(H,20,22)/b5-2+/t9-/m1/s1. The molecule has 1 atom stereocenters. The summed E-state index contributed by atoms with van der Waals surface area (Å²) >= 11 is 1.45. The fourth-order valence-corrected chi connectivity index (χ4v) is 2.29. The van der Waals surface area contributed by atoms with Crippen LogP contribution in [0.25, 0.3) is 6.08 Å². The minimum absolute atomic E-state index is 0.546. The lowest BCUT2D eigenvalue weighted by molar-refractivity contribution is -0.148. The molecule has 0 bridgehead atoms. The maximum atomic E-state index is 13.5. The van der Waals surface area contributed by atoms with Crippen LogP contribution in [0, 0.1) is 17.5 Å². The van der Waals surface area contributed by atoms with Crippen molar-refractivity contribution >= 4 is 35.0 Å². The van der Waals surface area contributed by atoms with Crippen LogP contribution in [-0.2, 0) is 14.3 Å². The molecule has 1 aromatic carbocycles. The molecular weight excluding hydrogens is 343 g/mol. The van der Waals surface area contributed by atoms with E-state index < -0.39 is 41.1 Å². The molecule has 0 saturated heterocycles. The van der Waals surface area contributed by atoms with E-state index >= 15 is 0 Å². The van der Waals surface area contributed by atoms with E-state index in [0.29, 0.717) is 6.07 Å². The Hall–Kier alpha value is -2.61. The van der Waals surface area contributed by atoms with Gasteiger partial charge in [0.25, 0.3) is 5.91 Å². The summed E-state index contributed by atoms with van der Waals surface area (Å²) in [5.74, 6) is -6.24. The summed E-state index contributed by atoms with van der Waals surface area (Å²) in [6.07, 6.45) is 1.40. The van der Waals surface area contributed by atoms with Crippen LogP contribution in [0.5, 0.6) is 0 Å². The van der Waals surface area contributed by atoms with Gasteiger partial charge in [-0.05, 0) is 47.5 Å². The molecule has 1 N–H and O–H groups in total. The second-order valence-corrected chi connectivity index (χ2v) is 5.46. The Labute approximate surface area is 139 Å². The minimum atomic E-state index is -1.70. The van der Waals surface area contributed by atoms with Gasteiger partial charge in [0.15, 0.2) is 23.6 Å². The molecule has 1 amide bonds. The number of amides is 1. The lowest BCUT2D eigenvalue weighted by Gasteiger charge is -2.13. The van der Waals surface area contributed by atoms with Crippen molar-refractivity contribution in [2.24, 2.45) is 0 Å². The number of hydrogen-bond acceptors (Lipinski definition) is 4. The Balaban J connectivity index is 1.95. The molecule has 24 heavy (non-hydrogen) atoms. The van der Waals surface area contributed by atoms with Gasteiger partial charge in [0.1, 0.15) is 0 Å². The lowest BCUT2D eigenvalue weighted by Crippen LogP contribution is -2.29. The SMILES string of the molecule is C[C@@H](OC(=O)/C=C/c1ccsc1)C(=O)Nc1ccc(F)c(F)c1F. The molecule has 0 fully saturated rings. The van der Waals surface area contributed by atoms with Crippen molar-refractivity contribution in [1.29, 1.82) is 0 Å². The number of carbonyl (C=O) groups excluding carboxylic acids is 2. The number of halogens is 3. The first-order valence-electron chi connectivity index (χ1n) is 6.73. The first-order chi connectivity index (χ1) is 11.4. The topological polar surface area (TPSA) is 55.4 Å². The molecular formula is C16H12F3NO3S. The fraction of sp³-hybridized carbons (Fsp3) is 0.125. The Morgan fingerprint density at radius 3 is 2.62 bits per heavy atom. The van der Waals surface area contributed by atoms with E-state index in [-0.39, 0.29) is 0 Å². The molecule has 4 nitrogen and oxygen atoms in total. The summed E-state index contributed by atoms with van der Waals surface area (Å²) in [5.41, 5.74) is 0.258. The number of anilines is 1. The monoisotopic (exact) mass is 355 g/mol. The Morgan fingerprint density at radius 1 is 1.21 bits per heavy atom. The zero-order valence-corrected chi connectivity index (χ0v) is 13.2. The highest BCUT2D eigenvalue weighted by Crippen LogP contribution is 2.20. The number of esters is 1. The molecule has 0 spiro atoms. The third-order valence-electron chi connectivity index (χ3n) is 2.91. The van der Waals surface area contributed by atoms with Gasteiger partial charge in [0.05, 0.1) is 5.69 Å². The van der Waals surface area contributed by atoms with Crippen molar-refractivity contribution in [1.82, 2.24) is 0 Å². The van der Waals surface area contributed by atoms with E-state index in [1.165, 1.54) is 24.3 Å². The zero-order chi connectivity index (χ0) is 17.7. The molecule has 0 unspecified atom stereocenters. The maximum absolute atomic E-state index is 13.5. The Kier molecular flexibility index (Phi) is 5.75. The van der Waals surface area contributed by atoms with Crippen molar-refractivity contribution in [3.8, 4) is 0 Å². The van der Waals surface area contributed by atoms with Crippen molar-refractivity contribution in [3.63, 3.8) is 0 Å². The third-order valence-corrected chi connectivity index (χ3v) is 3.61. The van der Waals surface area contributed by atoms with Gasteiger partial charge in [-0.15, -0.1) is 0 Å². The van der Waals surface area contributed by atoms with E-state index in [9.17, 15) is 22.8 Å². The number of rotatable bonds is 5. The first-order valence-corrected chi connectivity index (χ1v) is 7.68. The molecule has 0 radical (unpaired) electrons. The number of ether oxygens (including phenoxy) is 1. The van der Waals surface area contributed by atoms with Gasteiger partial charge in [0, 0.05) is 6.08 Å². The van der Waals surface area contributed by atoms with Crippen molar-refractivity contribution in [3.05, 3.63) is 58.1 Å². The third kappa shape index (κ3) is 4.45. The largest absolute Gasteiger partial charge is 0.449 e. The van der Waals surface area contributed by atoms with Crippen molar-refractivity contribution in [2.75, 3.05) is 5.32 Å². The summed E-state index contributed by atoms with van der Waals surface area (Å²) in [4.78, 5) is 23.4. The van der Waals surface area contributed by atoms with Gasteiger partial charge < -0.3 is 10.1 Å². The smallest absolute Gasteiger partial charge is 0.331 e. The number of nitrogens with one attached hydrogen (secondary N) is 1. The van der Waals surface area contributed by atoms with E-state index in [4.69, 9.17) is 4.74 Å². The van der Waals surface area contributed by atoms with Crippen molar-refractivity contribution in [2.45, 2.75) is 13.0 Å². The second-order valence-electron chi connectivity index (χ2n) is 4.68. The zero-order valence-electron chi connectivity index (χ0n) is 12.4. The highest BCUT2D eigenvalue weighted by atomic mass is 32.1. The lowest BCUT2D eigenvalue weighted by atomic mass is 10.2. The summed E-state index contributed by atoms with van der Waals surface area (Å²) in [6, 6.07) is 3.33. The Morgan fingerprint density at radius 2 is 1.96 bits per heavy atom. The average Bonchev–Trinajstić information content (AvgIpc) is 3.07. The average molecular weight is 355 g/mol. The van der Waals surface area contributed by atoms with E-state index in [2.05, 4.69) is 0 Å². The number of thiophene rings is 1. The van der Waals surface area contributed by atoms with Gasteiger partial charge in [-0.1, -0.05) is 0 Å². The fourth-order valence-electron chi connectivity index (χ4n) is 1.66. The van der Waals surface area contributed by atoms with Crippen LogP contribution in [0.2, 0.25) is 0 Å². The van der Waals surface area contributed by atoms with Gasteiger partial charge >= 0.3 is 5.97 Å². The summed E-state index contributed by atoms with van der Waals surface area (Å²) < 4.78 is 44.2. The van der Waals surface area contributed by atoms with Crippen LogP contribution in [0.1, 0.15) is 12.5 Å². The predicted octanol–water partition coefficient (Wildman–Crippen LogP) is 3.75. The molecule has 1 aromatic heterocycles. The molecule has 0 aliphatic heterocycles. The van der Waals surface area contributed by atoms with Crippen LogP contribution < -0.4 is 5.32 Å². The van der Waals surface area contributed by atoms with Crippen molar-refractivity contribution < 1.29 is 27.5 Å². The van der Waals surface area contributed by atoms with Gasteiger partial charge in [0.2, 0.25) is 0 Å². The van der Waals surface area contributed by atoms with Gasteiger partial charge in [-0.3, -0.25) is 4.79 Å². The molecule has 2 aromatic rings. The van der Waals surface area contributed by atoms with E-state index in [1.807, 2.05) is 16.1 Å². The van der Waals surface area contributed by atoms with Gasteiger partial charge in [-0.25, -0.2) is 18.0 Å². The van der Waals surface area contributed by atoms with Crippen LogP contribution >= 0.6 is 11.3 Å². The molecule has 8 heteroatoms. The molecule has 0 aliphatic carbocycles. The van der Waals surface area contributed by atoms with Crippen LogP contribution in [-0.4, -0.2) is 18.0 Å². The quantitative estimate of drug-likeness (QED) is 0.505. The minimum Gasteiger partial charge on any atom is -0.449 e. The summed E-state index contributed by atoms with van der Waals surface area (Å²) in [5, 5.41) is 5.67. The molecule has 0 saturated carbocycles. The van der Waals surface area contributed by atoms with Gasteiger partial charge in [-0.2, -0.15) is 11.3 Å². The highest BCUT2D eigenvalue weighted by molar-refractivity contribution is 7.08. The maximum Gasteiger partial charge on any atom is 0.331 e.